The Balaban J connectivity index is 1.60. The molecular formula is C19H29N. The molecule has 0 heterocycles. The van der Waals surface area contributed by atoms with Gasteiger partial charge >= 0.3 is 0 Å². The molecule has 0 spiro atoms. The van der Waals surface area contributed by atoms with Crippen LogP contribution < -0.4 is 5.32 Å². The van der Waals surface area contributed by atoms with Gasteiger partial charge in [0.15, 0.2) is 0 Å². The number of hydrogen-bond acceptors (Lipinski definition) is 1. The first-order valence-electron chi connectivity index (χ1n) is 8.46. The Kier molecular flexibility index (Phi) is 4.16. The van der Waals surface area contributed by atoms with Gasteiger partial charge in [0.1, 0.15) is 0 Å². The summed E-state index contributed by atoms with van der Waals surface area (Å²) in [7, 11) is 0. The molecule has 2 aliphatic rings. The smallest absolute Gasteiger partial charge is 0.0145 e. The van der Waals surface area contributed by atoms with Crippen molar-refractivity contribution >= 4 is 0 Å². The second-order valence-electron chi connectivity index (χ2n) is 7.46. The van der Waals surface area contributed by atoms with E-state index < -0.39 is 0 Å². The lowest BCUT2D eigenvalue weighted by Crippen LogP contribution is -2.44. The predicted octanol–water partition coefficient (Wildman–Crippen LogP) is 4.59. The van der Waals surface area contributed by atoms with Crippen LogP contribution in [-0.2, 0) is 0 Å². The van der Waals surface area contributed by atoms with E-state index >= 15 is 0 Å². The van der Waals surface area contributed by atoms with Gasteiger partial charge < -0.3 is 5.32 Å². The van der Waals surface area contributed by atoms with Gasteiger partial charge in [0, 0.05) is 18.0 Å². The van der Waals surface area contributed by atoms with Crippen molar-refractivity contribution in [3.8, 4) is 0 Å². The fraction of sp³-hybridized carbons (Fsp3) is 0.684. The molecular weight excluding hydrogens is 242 g/mol. The van der Waals surface area contributed by atoms with Crippen molar-refractivity contribution < 1.29 is 0 Å². The quantitative estimate of drug-likeness (QED) is 0.844. The third kappa shape index (κ3) is 3.09. The largest absolute Gasteiger partial charge is 0.310 e. The SMILES string of the molecule is CC1CCC(C(C)C)C(NC2CC2c2ccccc2)C1. The first-order chi connectivity index (χ1) is 9.65. The maximum Gasteiger partial charge on any atom is 0.0145 e. The Bertz CT molecular complexity index is 425. The van der Waals surface area contributed by atoms with E-state index in [1.54, 1.807) is 0 Å². The van der Waals surface area contributed by atoms with Crippen LogP contribution in [0, 0.1) is 17.8 Å². The highest BCUT2D eigenvalue weighted by molar-refractivity contribution is 5.27. The molecule has 0 bridgehead atoms. The molecule has 2 fully saturated rings. The van der Waals surface area contributed by atoms with Crippen molar-refractivity contribution in [3.05, 3.63) is 35.9 Å². The van der Waals surface area contributed by atoms with Gasteiger partial charge in [-0.1, -0.05) is 57.5 Å². The van der Waals surface area contributed by atoms with Crippen molar-refractivity contribution in [2.75, 3.05) is 0 Å². The lowest BCUT2D eigenvalue weighted by atomic mass is 9.74. The summed E-state index contributed by atoms with van der Waals surface area (Å²) in [5, 5.41) is 4.00. The molecule has 0 amide bonds. The molecule has 1 heteroatoms. The summed E-state index contributed by atoms with van der Waals surface area (Å²) in [5.74, 6) is 3.36. The van der Waals surface area contributed by atoms with Crippen LogP contribution in [0.4, 0.5) is 0 Å². The molecule has 1 aromatic carbocycles. The van der Waals surface area contributed by atoms with Crippen molar-refractivity contribution in [3.63, 3.8) is 0 Å². The molecule has 0 aromatic heterocycles. The highest BCUT2D eigenvalue weighted by Gasteiger charge is 2.41. The Labute approximate surface area is 124 Å². The topological polar surface area (TPSA) is 12.0 Å². The van der Waals surface area contributed by atoms with Crippen LogP contribution in [0.1, 0.15) is 57.9 Å². The van der Waals surface area contributed by atoms with Crippen molar-refractivity contribution in [2.45, 2.75) is 64.5 Å². The predicted molar refractivity (Wildman–Crippen MR) is 85.9 cm³/mol. The summed E-state index contributed by atoms with van der Waals surface area (Å²) in [6.45, 7) is 7.22. The van der Waals surface area contributed by atoms with Crippen LogP contribution in [-0.4, -0.2) is 12.1 Å². The first-order valence-corrected chi connectivity index (χ1v) is 8.46. The van der Waals surface area contributed by atoms with E-state index in [4.69, 9.17) is 0 Å². The highest BCUT2D eigenvalue weighted by atomic mass is 15.0. The standard InChI is InChI=1S/C19H29N/c1-13(2)16-10-9-14(3)11-18(16)20-19-12-17(19)15-7-5-4-6-8-15/h4-8,13-14,16-20H,9-12H2,1-3H3. The van der Waals surface area contributed by atoms with Crippen LogP contribution in [0.15, 0.2) is 30.3 Å². The van der Waals surface area contributed by atoms with E-state index in [2.05, 4.69) is 56.4 Å². The number of benzene rings is 1. The Morgan fingerprint density at radius 3 is 2.45 bits per heavy atom. The molecule has 2 aliphatic carbocycles. The van der Waals surface area contributed by atoms with Crippen LogP contribution in [0.2, 0.25) is 0 Å². The van der Waals surface area contributed by atoms with E-state index in [9.17, 15) is 0 Å². The van der Waals surface area contributed by atoms with Crippen LogP contribution >= 0.6 is 0 Å². The number of nitrogens with one attached hydrogen (secondary N) is 1. The van der Waals surface area contributed by atoms with E-state index in [1.807, 2.05) is 0 Å². The lowest BCUT2D eigenvalue weighted by molar-refractivity contribution is 0.168. The summed E-state index contributed by atoms with van der Waals surface area (Å²) < 4.78 is 0. The van der Waals surface area contributed by atoms with Gasteiger partial charge in [-0.15, -0.1) is 0 Å². The maximum atomic E-state index is 4.00. The second-order valence-corrected chi connectivity index (χ2v) is 7.46. The van der Waals surface area contributed by atoms with Gasteiger partial charge in [-0.2, -0.15) is 0 Å². The minimum Gasteiger partial charge on any atom is -0.310 e. The van der Waals surface area contributed by atoms with Gasteiger partial charge in [-0.3, -0.25) is 0 Å². The van der Waals surface area contributed by atoms with Crippen LogP contribution in [0.25, 0.3) is 0 Å². The van der Waals surface area contributed by atoms with Gasteiger partial charge in [-0.05, 0) is 42.6 Å². The van der Waals surface area contributed by atoms with E-state index in [-0.39, 0.29) is 0 Å². The van der Waals surface area contributed by atoms with E-state index in [0.29, 0.717) is 0 Å². The van der Waals surface area contributed by atoms with E-state index in [0.717, 1.165) is 35.8 Å². The minimum absolute atomic E-state index is 0.731. The summed E-state index contributed by atoms with van der Waals surface area (Å²) >= 11 is 0. The van der Waals surface area contributed by atoms with Crippen LogP contribution in [0.3, 0.4) is 0 Å². The first kappa shape index (κ1) is 14.1. The summed E-state index contributed by atoms with van der Waals surface area (Å²) in [5.41, 5.74) is 1.52. The van der Waals surface area contributed by atoms with Crippen molar-refractivity contribution in [1.82, 2.24) is 5.32 Å². The molecule has 3 rings (SSSR count). The summed E-state index contributed by atoms with van der Waals surface area (Å²) in [6, 6.07) is 12.5. The number of hydrogen-bond donors (Lipinski definition) is 1. The Hall–Kier alpha value is -0.820. The van der Waals surface area contributed by atoms with Crippen LogP contribution in [0.5, 0.6) is 0 Å². The molecule has 5 atom stereocenters. The molecule has 0 radical (unpaired) electrons. The second kappa shape index (κ2) is 5.89. The van der Waals surface area contributed by atoms with E-state index in [1.165, 1.54) is 31.2 Å². The Morgan fingerprint density at radius 2 is 1.75 bits per heavy atom. The molecule has 0 saturated heterocycles. The molecule has 20 heavy (non-hydrogen) atoms. The van der Waals surface area contributed by atoms with Crippen molar-refractivity contribution in [2.24, 2.45) is 17.8 Å². The zero-order valence-electron chi connectivity index (χ0n) is 13.2. The molecule has 1 nitrogen and oxygen atoms in total. The normalized spacial score (nSPS) is 37.1. The fourth-order valence-electron chi connectivity index (χ4n) is 4.12. The lowest BCUT2D eigenvalue weighted by Gasteiger charge is -2.38. The molecule has 1 N–H and O–H groups in total. The maximum absolute atomic E-state index is 4.00. The molecule has 5 unspecified atom stereocenters. The molecule has 2 saturated carbocycles. The fourth-order valence-corrected chi connectivity index (χ4v) is 4.12. The van der Waals surface area contributed by atoms with Gasteiger partial charge in [0.05, 0.1) is 0 Å². The molecule has 1 aromatic rings. The van der Waals surface area contributed by atoms with Gasteiger partial charge in [0.25, 0.3) is 0 Å². The molecule has 0 aliphatic heterocycles. The third-order valence-corrected chi connectivity index (χ3v) is 5.47. The zero-order valence-corrected chi connectivity index (χ0v) is 13.2. The highest BCUT2D eigenvalue weighted by Crippen LogP contribution is 2.43. The summed E-state index contributed by atoms with van der Waals surface area (Å²) in [4.78, 5) is 0. The third-order valence-electron chi connectivity index (χ3n) is 5.47. The summed E-state index contributed by atoms with van der Waals surface area (Å²) in [6.07, 6.45) is 5.55. The van der Waals surface area contributed by atoms with Gasteiger partial charge in [0.2, 0.25) is 0 Å². The molecule has 110 valence electrons. The monoisotopic (exact) mass is 271 g/mol. The minimum atomic E-state index is 0.731. The van der Waals surface area contributed by atoms with Gasteiger partial charge in [-0.25, -0.2) is 0 Å². The zero-order chi connectivity index (χ0) is 14.1. The Morgan fingerprint density at radius 1 is 1.00 bits per heavy atom. The number of rotatable bonds is 4. The average molecular weight is 271 g/mol. The average Bonchev–Trinajstić information content (AvgIpc) is 3.19. The van der Waals surface area contributed by atoms with Crippen molar-refractivity contribution in [1.29, 1.82) is 0 Å².